The minimum absolute atomic E-state index is 0.153. The van der Waals surface area contributed by atoms with E-state index in [2.05, 4.69) is 4.98 Å². The van der Waals surface area contributed by atoms with Crippen LogP contribution in [0.5, 0.6) is 0 Å². The molecular weight excluding hydrogens is 287 g/mol. The Morgan fingerprint density at radius 3 is 2.76 bits per heavy atom. The fraction of sp³-hybridized carbons (Fsp3) is 0.375. The summed E-state index contributed by atoms with van der Waals surface area (Å²) < 4.78 is 14.7. The number of hydrogen-bond donors (Lipinski definition) is 0. The standard InChI is InChI=1S/C16H17FN2OS/c1-2-19-14-5-3-4-13(14)15(18-16(19)20)21-10-11-6-8-12(17)9-7-11/h6-9H,2-5,10H2,1H3. The molecule has 0 saturated carbocycles. The van der Waals surface area contributed by atoms with Crippen molar-refractivity contribution >= 4 is 11.8 Å². The predicted molar refractivity (Wildman–Crippen MR) is 82.2 cm³/mol. The Kier molecular flexibility index (Phi) is 4.10. The van der Waals surface area contributed by atoms with E-state index in [1.165, 1.54) is 17.7 Å². The molecule has 0 N–H and O–H groups in total. The second-order valence-electron chi connectivity index (χ2n) is 5.14. The summed E-state index contributed by atoms with van der Waals surface area (Å²) in [5.74, 6) is 0.475. The number of benzene rings is 1. The van der Waals surface area contributed by atoms with Crippen LogP contribution in [0.2, 0.25) is 0 Å². The van der Waals surface area contributed by atoms with Crippen molar-refractivity contribution in [1.29, 1.82) is 0 Å². The van der Waals surface area contributed by atoms with Gasteiger partial charge in [-0.15, -0.1) is 11.8 Å². The van der Waals surface area contributed by atoms with Crippen LogP contribution in [0.1, 0.15) is 30.2 Å². The molecule has 0 radical (unpaired) electrons. The zero-order valence-electron chi connectivity index (χ0n) is 11.9. The van der Waals surface area contributed by atoms with Crippen molar-refractivity contribution < 1.29 is 4.39 Å². The van der Waals surface area contributed by atoms with Crippen molar-refractivity contribution in [2.24, 2.45) is 0 Å². The lowest BCUT2D eigenvalue weighted by Crippen LogP contribution is -2.26. The highest BCUT2D eigenvalue weighted by Crippen LogP contribution is 2.30. The maximum absolute atomic E-state index is 12.9. The predicted octanol–water partition coefficient (Wildman–Crippen LogP) is 3.18. The second-order valence-corrected chi connectivity index (χ2v) is 6.10. The monoisotopic (exact) mass is 304 g/mol. The molecule has 2 aromatic rings. The van der Waals surface area contributed by atoms with Crippen molar-refractivity contribution in [3.05, 3.63) is 57.4 Å². The normalized spacial score (nSPS) is 13.4. The van der Waals surface area contributed by atoms with E-state index in [9.17, 15) is 9.18 Å². The van der Waals surface area contributed by atoms with Crippen LogP contribution < -0.4 is 5.69 Å². The van der Waals surface area contributed by atoms with Crippen molar-refractivity contribution in [3.8, 4) is 0 Å². The third-order valence-electron chi connectivity index (χ3n) is 3.81. The molecule has 3 rings (SSSR count). The molecule has 0 spiro atoms. The first-order valence-electron chi connectivity index (χ1n) is 7.19. The van der Waals surface area contributed by atoms with E-state index >= 15 is 0 Å². The highest BCUT2D eigenvalue weighted by molar-refractivity contribution is 7.98. The van der Waals surface area contributed by atoms with Gasteiger partial charge in [0.1, 0.15) is 10.8 Å². The van der Waals surface area contributed by atoms with E-state index in [1.807, 2.05) is 6.92 Å². The molecule has 0 saturated heterocycles. The lowest BCUT2D eigenvalue weighted by Gasteiger charge is -2.12. The summed E-state index contributed by atoms with van der Waals surface area (Å²) in [6, 6.07) is 6.47. The Morgan fingerprint density at radius 1 is 1.29 bits per heavy atom. The minimum Gasteiger partial charge on any atom is -0.296 e. The van der Waals surface area contributed by atoms with Gasteiger partial charge in [-0.25, -0.2) is 9.18 Å². The van der Waals surface area contributed by atoms with Crippen molar-refractivity contribution in [2.45, 2.75) is 43.5 Å². The molecule has 1 aliphatic rings. The number of thioether (sulfide) groups is 1. The number of halogens is 1. The fourth-order valence-corrected chi connectivity index (χ4v) is 3.80. The van der Waals surface area contributed by atoms with E-state index in [4.69, 9.17) is 0 Å². The first kappa shape index (κ1) is 14.3. The van der Waals surface area contributed by atoms with Gasteiger partial charge in [0, 0.05) is 23.6 Å². The van der Waals surface area contributed by atoms with Crippen LogP contribution in [-0.2, 0) is 25.1 Å². The van der Waals surface area contributed by atoms with Gasteiger partial charge in [-0.05, 0) is 43.9 Å². The average molecular weight is 304 g/mol. The summed E-state index contributed by atoms with van der Waals surface area (Å²) >= 11 is 1.57. The largest absolute Gasteiger partial charge is 0.348 e. The molecule has 5 heteroatoms. The van der Waals surface area contributed by atoms with E-state index in [-0.39, 0.29) is 11.5 Å². The fourth-order valence-electron chi connectivity index (χ4n) is 2.76. The Balaban J connectivity index is 1.86. The Bertz CT molecular complexity index is 709. The maximum atomic E-state index is 12.9. The van der Waals surface area contributed by atoms with Gasteiger partial charge in [0.25, 0.3) is 0 Å². The van der Waals surface area contributed by atoms with Gasteiger partial charge in [-0.3, -0.25) is 4.57 Å². The van der Waals surface area contributed by atoms with E-state index in [0.29, 0.717) is 12.3 Å². The first-order chi connectivity index (χ1) is 10.2. The Labute approximate surface area is 127 Å². The topological polar surface area (TPSA) is 34.9 Å². The lowest BCUT2D eigenvalue weighted by molar-refractivity contribution is 0.627. The maximum Gasteiger partial charge on any atom is 0.348 e. The highest BCUT2D eigenvalue weighted by atomic mass is 32.2. The first-order valence-corrected chi connectivity index (χ1v) is 8.17. The molecule has 110 valence electrons. The number of fused-ring (bicyclic) bond motifs is 1. The number of rotatable bonds is 4. The van der Waals surface area contributed by atoms with Gasteiger partial charge in [-0.1, -0.05) is 12.1 Å². The molecule has 1 aromatic heterocycles. The van der Waals surface area contributed by atoms with Crippen molar-refractivity contribution in [3.63, 3.8) is 0 Å². The zero-order valence-corrected chi connectivity index (χ0v) is 12.8. The molecule has 0 aliphatic heterocycles. The van der Waals surface area contributed by atoms with Crippen LogP contribution in [0.25, 0.3) is 0 Å². The van der Waals surface area contributed by atoms with Gasteiger partial charge in [0.05, 0.1) is 0 Å². The summed E-state index contributed by atoms with van der Waals surface area (Å²) in [5, 5.41) is 0.849. The van der Waals surface area contributed by atoms with E-state index in [1.54, 1.807) is 28.5 Å². The summed E-state index contributed by atoms with van der Waals surface area (Å²) in [6.07, 6.45) is 3.05. The van der Waals surface area contributed by atoms with E-state index in [0.717, 1.165) is 35.5 Å². The molecule has 3 nitrogen and oxygen atoms in total. The third kappa shape index (κ3) is 2.88. The van der Waals surface area contributed by atoms with Gasteiger partial charge < -0.3 is 0 Å². The van der Waals surface area contributed by atoms with Crippen LogP contribution in [-0.4, -0.2) is 9.55 Å². The second kappa shape index (κ2) is 6.02. The van der Waals surface area contributed by atoms with Gasteiger partial charge >= 0.3 is 5.69 Å². The van der Waals surface area contributed by atoms with Gasteiger partial charge in [-0.2, -0.15) is 4.98 Å². The minimum atomic E-state index is -0.228. The molecule has 0 fully saturated rings. The molecule has 0 bridgehead atoms. The van der Waals surface area contributed by atoms with E-state index < -0.39 is 0 Å². The van der Waals surface area contributed by atoms with Crippen molar-refractivity contribution in [1.82, 2.24) is 9.55 Å². The van der Waals surface area contributed by atoms with Crippen LogP contribution in [0, 0.1) is 5.82 Å². The van der Waals surface area contributed by atoms with Crippen LogP contribution in [0.3, 0.4) is 0 Å². The highest BCUT2D eigenvalue weighted by Gasteiger charge is 2.21. The number of nitrogens with zero attached hydrogens (tertiary/aromatic N) is 2. The zero-order chi connectivity index (χ0) is 14.8. The molecule has 1 heterocycles. The number of hydrogen-bond acceptors (Lipinski definition) is 3. The summed E-state index contributed by atoms with van der Waals surface area (Å²) in [5.41, 5.74) is 3.26. The quantitative estimate of drug-likeness (QED) is 0.643. The van der Waals surface area contributed by atoms with Crippen LogP contribution >= 0.6 is 11.8 Å². The van der Waals surface area contributed by atoms with Gasteiger partial charge in [0.15, 0.2) is 0 Å². The van der Waals surface area contributed by atoms with Crippen LogP contribution in [0.4, 0.5) is 4.39 Å². The average Bonchev–Trinajstić information content (AvgIpc) is 2.96. The van der Waals surface area contributed by atoms with Crippen molar-refractivity contribution in [2.75, 3.05) is 0 Å². The summed E-state index contributed by atoms with van der Waals surface area (Å²) in [6.45, 7) is 2.66. The Morgan fingerprint density at radius 2 is 2.05 bits per heavy atom. The molecule has 1 aliphatic carbocycles. The molecular formula is C16H17FN2OS. The third-order valence-corrected chi connectivity index (χ3v) is 4.89. The van der Waals surface area contributed by atoms with Crippen LogP contribution in [0.15, 0.2) is 34.1 Å². The lowest BCUT2D eigenvalue weighted by atomic mass is 10.2. The number of aromatic nitrogens is 2. The summed E-state index contributed by atoms with van der Waals surface area (Å²) in [4.78, 5) is 16.3. The smallest absolute Gasteiger partial charge is 0.296 e. The molecule has 21 heavy (non-hydrogen) atoms. The molecule has 1 aromatic carbocycles. The molecule has 0 unspecified atom stereocenters. The SMILES string of the molecule is CCn1c2c(c(SCc3ccc(F)cc3)nc1=O)CCC2. The van der Waals surface area contributed by atoms with Gasteiger partial charge in [0.2, 0.25) is 0 Å². The summed E-state index contributed by atoms with van der Waals surface area (Å²) in [7, 11) is 0. The molecule has 0 amide bonds. The molecule has 0 atom stereocenters. The Hall–Kier alpha value is -1.62.